The van der Waals surface area contributed by atoms with Gasteiger partial charge in [0.1, 0.15) is 17.8 Å². The van der Waals surface area contributed by atoms with Gasteiger partial charge in [-0.3, -0.25) is 0 Å². The van der Waals surface area contributed by atoms with Gasteiger partial charge in [0.2, 0.25) is 0 Å². The molecular weight excluding hydrogens is 431 g/mol. The molecule has 0 saturated carbocycles. The van der Waals surface area contributed by atoms with Gasteiger partial charge in [0.15, 0.2) is 11.6 Å². The Bertz CT molecular complexity index is 1150. The van der Waals surface area contributed by atoms with Gasteiger partial charge in [0, 0.05) is 5.69 Å². The van der Waals surface area contributed by atoms with E-state index in [1.54, 1.807) is 0 Å². The molecule has 3 aromatic carbocycles. The second-order valence-electron chi connectivity index (χ2n) is 7.08. The molecule has 0 unspecified atom stereocenters. The lowest BCUT2D eigenvalue weighted by atomic mass is 9.99. The van der Waals surface area contributed by atoms with Crippen LogP contribution in [0.2, 0.25) is 0 Å². The summed E-state index contributed by atoms with van der Waals surface area (Å²) in [7, 11) is 0. The van der Waals surface area contributed by atoms with Crippen LogP contribution in [0.25, 0.3) is 0 Å². The molecule has 0 fully saturated rings. The average molecular weight is 451 g/mol. The molecule has 6 nitrogen and oxygen atoms in total. The molecule has 9 heteroatoms. The fourth-order valence-corrected chi connectivity index (χ4v) is 3.27. The summed E-state index contributed by atoms with van der Waals surface area (Å²) in [6.07, 6.45) is -3.39. The first-order chi connectivity index (χ1) is 15.9. The van der Waals surface area contributed by atoms with E-state index in [0.29, 0.717) is 17.3 Å². The topological polar surface area (TPSA) is 85.1 Å². The summed E-state index contributed by atoms with van der Waals surface area (Å²) in [5.41, 5.74) is 9.13. The van der Waals surface area contributed by atoms with E-state index in [2.05, 4.69) is 25.3 Å². The molecule has 1 aromatic heterocycles. The van der Waals surface area contributed by atoms with Crippen molar-refractivity contribution in [3.8, 4) is 5.75 Å². The number of nitrogens with one attached hydrogen (secondary N) is 2. The lowest BCUT2D eigenvalue weighted by Crippen LogP contribution is -2.17. The van der Waals surface area contributed by atoms with Crippen LogP contribution in [0.1, 0.15) is 17.2 Å². The lowest BCUT2D eigenvalue weighted by molar-refractivity contribution is -0.274. The Kier molecular flexibility index (Phi) is 6.30. The van der Waals surface area contributed by atoms with E-state index >= 15 is 0 Å². The largest absolute Gasteiger partial charge is 0.573 e. The zero-order valence-corrected chi connectivity index (χ0v) is 17.3. The number of anilines is 4. The fraction of sp³-hybridized carbons (Fsp3) is 0.0833. The molecular formula is C24H20F3N5O. The van der Waals surface area contributed by atoms with E-state index < -0.39 is 6.36 Å². The second-order valence-corrected chi connectivity index (χ2v) is 7.08. The van der Waals surface area contributed by atoms with E-state index in [1.807, 2.05) is 60.7 Å². The molecule has 0 aliphatic heterocycles. The summed E-state index contributed by atoms with van der Waals surface area (Å²) in [5, 5.41) is 6.38. The number of halogens is 3. The van der Waals surface area contributed by atoms with E-state index in [4.69, 9.17) is 5.73 Å². The normalized spacial score (nSPS) is 11.3. The van der Waals surface area contributed by atoms with Crippen LogP contribution < -0.4 is 21.1 Å². The van der Waals surface area contributed by atoms with Gasteiger partial charge >= 0.3 is 6.36 Å². The van der Waals surface area contributed by atoms with Crippen molar-refractivity contribution < 1.29 is 17.9 Å². The third-order valence-electron chi connectivity index (χ3n) is 4.78. The lowest BCUT2D eigenvalue weighted by Gasteiger charge is -2.22. The number of hydrogen-bond acceptors (Lipinski definition) is 6. The zero-order valence-electron chi connectivity index (χ0n) is 17.3. The maximum Gasteiger partial charge on any atom is 0.573 e. The van der Waals surface area contributed by atoms with E-state index in [9.17, 15) is 13.2 Å². The molecule has 0 amide bonds. The van der Waals surface area contributed by atoms with Gasteiger partial charge in [-0.1, -0.05) is 60.7 Å². The van der Waals surface area contributed by atoms with Crippen LogP contribution >= 0.6 is 0 Å². The van der Waals surface area contributed by atoms with Gasteiger partial charge in [-0.05, 0) is 35.4 Å². The summed E-state index contributed by atoms with van der Waals surface area (Å²) >= 11 is 0. The number of nitrogen functional groups attached to an aromatic ring is 1. The highest BCUT2D eigenvalue weighted by molar-refractivity contribution is 5.78. The quantitative estimate of drug-likeness (QED) is 0.324. The predicted octanol–water partition coefficient (Wildman–Crippen LogP) is 5.90. The first kappa shape index (κ1) is 21.9. The third-order valence-corrected chi connectivity index (χ3v) is 4.78. The van der Waals surface area contributed by atoms with Crippen LogP contribution in [-0.2, 0) is 0 Å². The van der Waals surface area contributed by atoms with Crippen molar-refractivity contribution in [2.75, 3.05) is 16.4 Å². The molecule has 4 N–H and O–H groups in total. The second kappa shape index (κ2) is 9.47. The van der Waals surface area contributed by atoms with Crippen LogP contribution in [0.15, 0.2) is 91.3 Å². The van der Waals surface area contributed by atoms with Crippen molar-refractivity contribution in [1.29, 1.82) is 0 Å². The Morgan fingerprint density at radius 1 is 0.758 bits per heavy atom. The Morgan fingerprint density at radius 2 is 1.30 bits per heavy atom. The van der Waals surface area contributed by atoms with Crippen LogP contribution in [0, 0.1) is 0 Å². The number of benzene rings is 3. The third kappa shape index (κ3) is 5.70. The standard InChI is InChI=1S/C24H20F3N5O/c25-24(26,27)33-19-13-11-18(12-14-19)31-22-20(28)23(30-15-29-22)32-21(16-7-3-1-4-8-16)17-9-5-2-6-10-17/h1-15,21H,28H2,(H2,29,30,31,32). The van der Waals surface area contributed by atoms with Crippen molar-refractivity contribution in [2.24, 2.45) is 0 Å². The molecule has 168 valence electrons. The zero-order chi connectivity index (χ0) is 23.3. The highest BCUT2D eigenvalue weighted by Crippen LogP contribution is 2.32. The van der Waals surface area contributed by atoms with Crippen molar-refractivity contribution in [3.63, 3.8) is 0 Å². The number of alkyl halides is 3. The summed E-state index contributed by atoms with van der Waals surface area (Å²) in [5.74, 6) is 0.415. The molecule has 4 rings (SSSR count). The molecule has 0 atom stereocenters. The van der Waals surface area contributed by atoms with Gasteiger partial charge < -0.3 is 21.1 Å². The van der Waals surface area contributed by atoms with Gasteiger partial charge in [-0.25, -0.2) is 9.97 Å². The number of rotatable bonds is 7. The predicted molar refractivity (Wildman–Crippen MR) is 121 cm³/mol. The van der Waals surface area contributed by atoms with Crippen molar-refractivity contribution in [2.45, 2.75) is 12.4 Å². The molecule has 0 bridgehead atoms. The molecule has 0 spiro atoms. The minimum absolute atomic E-state index is 0.212. The Balaban J connectivity index is 1.57. The molecule has 4 aromatic rings. The van der Waals surface area contributed by atoms with Gasteiger partial charge in [-0.2, -0.15) is 0 Å². The minimum atomic E-state index is -4.75. The molecule has 0 aliphatic carbocycles. The molecule has 33 heavy (non-hydrogen) atoms. The highest BCUT2D eigenvalue weighted by Gasteiger charge is 2.31. The van der Waals surface area contributed by atoms with Crippen LogP contribution in [0.5, 0.6) is 5.75 Å². The van der Waals surface area contributed by atoms with Crippen LogP contribution in [-0.4, -0.2) is 16.3 Å². The summed E-state index contributed by atoms with van der Waals surface area (Å²) < 4.78 is 41.0. The Morgan fingerprint density at radius 3 is 1.85 bits per heavy atom. The van der Waals surface area contributed by atoms with Crippen molar-refractivity contribution in [1.82, 2.24) is 9.97 Å². The van der Waals surface area contributed by atoms with E-state index in [0.717, 1.165) is 11.1 Å². The van der Waals surface area contributed by atoms with E-state index in [1.165, 1.54) is 30.6 Å². The highest BCUT2D eigenvalue weighted by atomic mass is 19.4. The van der Waals surface area contributed by atoms with Crippen LogP contribution in [0.3, 0.4) is 0 Å². The monoisotopic (exact) mass is 451 g/mol. The first-order valence-electron chi connectivity index (χ1n) is 9.99. The van der Waals surface area contributed by atoms with Gasteiger partial charge in [0.25, 0.3) is 0 Å². The SMILES string of the molecule is Nc1c(Nc2ccc(OC(F)(F)F)cc2)ncnc1NC(c1ccccc1)c1ccccc1. The van der Waals surface area contributed by atoms with E-state index in [-0.39, 0.29) is 17.5 Å². The molecule has 0 aliphatic rings. The van der Waals surface area contributed by atoms with Gasteiger partial charge in [-0.15, -0.1) is 13.2 Å². The number of aromatic nitrogens is 2. The maximum atomic E-state index is 12.4. The number of nitrogens with zero attached hydrogens (tertiary/aromatic N) is 2. The first-order valence-corrected chi connectivity index (χ1v) is 9.99. The molecule has 0 saturated heterocycles. The van der Waals surface area contributed by atoms with Gasteiger partial charge in [0.05, 0.1) is 6.04 Å². The Hall–Kier alpha value is -4.27. The number of ether oxygens (including phenoxy) is 1. The number of nitrogens with two attached hydrogens (primary N) is 1. The smallest absolute Gasteiger partial charge is 0.406 e. The summed E-state index contributed by atoms with van der Waals surface area (Å²) in [6.45, 7) is 0. The summed E-state index contributed by atoms with van der Waals surface area (Å²) in [6, 6.07) is 24.8. The minimum Gasteiger partial charge on any atom is -0.406 e. The molecule has 1 heterocycles. The van der Waals surface area contributed by atoms with Crippen LogP contribution in [0.4, 0.5) is 36.2 Å². The summed E-state index contributed by atoms with van der Waals surface area (Å²) in [4.78, 5) is 8.46. The average Bonchev–Trinajstić information content (AvgIpc) is 2.81. The van der Waals surface area contributed by atoms with Crippen molar-refractivity contribution in [3.05, 3.63) is 102 Å². The fourth-order valence-electron chi connectivity index (χ4n) is 3.27. The Labute approximate surface area is 188 Å². The molecule has 0 radical (unpaired) electrons. The maximum absolute atomic E-state index is 12.4. The van der Waals surface area contributed by atoms with Crippen molar-refractivity contribution >= 4 is 23.0 Å². The number of hydrogen-bond donors (Lipinski definition) is 3.